The summed E-state index contributed by atoms with van der Waals surface area (Å²) in [4.78, 5) is 24.4. The van der Waals surface area contributed by atoms with E-state index >= 15 is 0 Å². The molecular weight excluding hydrogens is 316 g/mol. The highest BCUT2D eigenvalue weighted by molar-refractivity contribution is 6.04. The Balaban J connectivity index is 1.61. The van der Waals surface area contributed by atoms with Gasteiger partial charge in [0.25, 0.3) is 0 Å². The van der Waals surface area contributed by atoms with Crippen LogP contribution in [0.1, 0.15) is 34.7 Å². The Morgan fingerprint density at radius 3 is 2.64 bits per heavy atom. The second-order valence-corrected chi connectivity index (χ2v) is 6.49. The summed E-state index contributed by atoms with van der Waals surface area (Å²) in [6.45, 7) is 3.90. The third-order valence-corrected chi connectivity index (χ3v) is 4.72. The average Bonchev–Trinajstić information content (AvgIpc) is 2.87. The number of anilines is 1. The maximum atomic E-state index is 12.2. The molecule has 2 amide bonds. The summed E-state index contributed by atoms with van der Waals surface area (Å²) in [6, 6.07) is 12.8. The number of aryl methyl sites for hydroxylation is 1. The van der Waals surface area contributed by atoms with E-state index in [2.05, 4.69) is 10.6 Å². The normalized spacial score (nSPS) is 18.5. The molecule has 0 heterocycles. The summed E-state index contributed by atoms with van der Waals surface area (Å²) in [5.41, 5.74) is 4.71. The van der Waals surface area contributed by atoms with Gasteiger partial charge in [0.15, 0.2) is 0 Å². The second-order valence-electron chi connectivity index (χ2n) is 6.49. The number of hydrogen-bond donors (Lipinski definition) is 3. The van der Waals surface area contributed by atoms with E-state index in [-0.39, 0.29) is 12.3 Å². The number of hydrogen-bond acceptors (Lipinski definition) is 3. The fraction of sp³-hybridized carbons (Fsp3) is 0.300. The molecule has 2 atom stereocenters. The predicted molar refractivity (Wildman–Crippen MR) is 96.2 cm³/mol. The average molecular weight is 338 g/mol. The number of rotatable bonds is 4. The highest BCUT2D eigenvalue weighted by atomic mass is 16.3. The lowest BCUT2D eigenvalue weighted by atomic mass is 10.1. The van der Waals surface area contributed by atoms with Crippen molar-refractivity contribution in [2.75, 3.05) is 5.32 Å². The van der Waals surface area contributed by atoms with Crippen LogP contribution in [0.3, 0.4) is 0 Å². The SMILES string of the molecule is Cc1cccc(NC(=O)CC(=O)N[C@H]2c3ccccc3C[C@@H]2O)c1C. The molecule has 0 fully saturated rings. The molecule has 0 aromatic heterocycles. The van der Waals surface area contributed by atoms with Crippen LogP contribution in [0.15, 0.2) is 42.5 Å². The second kappa shape index (κ2) is 7.07. The maximum absolute atomic E-state index is 12.2. The molecule has 2 aromatic carbocycles. The molecule has 0 saturated carbocycles. The minimum Gasteiger partial charge on any atom is -0.390 e. The van der Waals surface area contributed by atoms with Gasteiger partial charge in [-0.2, -0.15) is 0 Å². The van der Waals surface area contributed by atoms with Gasteiger partial charge in [0.1, 0.15) is 6.42 Å². The van der Waals surface area contributed by atoms with Gasteiger partial charge in [0, 0.05) is 12.1 Å². The number of amides is 2. The Hall–Kier alpha value is -2.66. The number of aliphatic hydroxyl groups is 1. The highest BCUT2D eigenvalue weighted by Crippen LogP contribution is 2.31. The molecule has 3 rings (SSSR count). The largest absolute Gasteiger partial charge is 0.390 e. The molecule has 1 aliphatic carbocycles. The number of aliphatic hydroxyl groups excluding tert-OH is 1. The first kappa shape index (κ1) is 17.2. The van der Waals surface area contributed by atoms with Crippen LogP contribution in [-0.4, -0.2) is 23.0 Å². The fourth-order valence-electron chi connectivity index (χ4n) is 3.20. The quantitative estimate of drug-likeness (QED) is 0.749. The van der Waals surface area contributed by atoms with E-state index in [1.54, 1.807) is 0 Å². The van der Waals surface area contributed by atoms with Crippen molar-refractivity contribution in [1.82, 2.24) is 5.32 Å². The fourth-order valence-corrected chi connectivity index (χ4v) is 3.20. The summed E-state index contributed by atoms with van der Waals surface area (Å²) in [6.07, 6.45) is -0.433. The van der Waals surface area contributed by atoms with Crippen LogP contribution in [0.4, 0.5) is 5.69 Å². The summed E-state index contributed by atoms with van der Waals surface area (Å²) >= 11 is 0. The molecule has 3 N–H and O–H groups in total. The van der Waals surface area contributed by atoms with Crippen LogP contribution in [0, 0.1) is 13.8 Å². The van der Waals surface area contributed by atoms with Crippen LogP contribution in [0.25, 0.3) is 0 Å². The van der Waals surface area contributed by atoms with Crippen molar-refractivity contribution in [3.8, 4) is 0 Å². The molecule has 0 aliphatic heterocycles. The van der Waals surface area contributed by atoms with Crippen molar-refractivity contribution >= 4 is 17.5 Å². The van der Waals surface area contributed by atoms with Gasteiger partial charge >= 0.3 is 0 Å². The van der Waals surface area contributed by atoms with E-state index < -0.39 is 18.1 Å². The molecular formula is C20H22N2O3. The summed E-state index contributed by atoms with van der Waals surface area (Å²) < 4.78 is 0. The van der Waals surface area contributed by atoms with Gasteiger partial charge in [0.05, 0.1) is 12.1 Å². The zero-order valence-corrected chi connectivity index (χ0v) is 14.4. The van der Waals surface area contributed by atoms with Crippen molar-refractivity contribution in [2.45, 2.75) is 38.8 Å². The first-order chi connectivity index (χ1) is 12.0. The highest BCUT2D eigenvalue weighted by Gasteiger charge is 2.32. The molecule has 2 aromatic rings. The lowest BCUT2D eigenvalue weighted by Crippen LogP contribution is -2.35. The van der Waals surface area contributed by atoms with E-state index in [4.69, 9.17) is 0 Å². The zero-order valence-electron chi connectivity index (χ0n) is 14.4. The number of carbonyl (C=O) groups is 2. The van der Waals surface area contributed by atoms with Gasteiger partial charge < -0.3 is 15.7 Å². The number of nitrogens with one attached hydrogen (secondary N) is 2. The van der Waals surface area contributed by atoms with Gasteiger partial charge in [-0.3, -0.25) is 9.59 Å². The molecule has 0 bridgehead atoms. The first-order valence-electron chi connectivity index (χ1n) is 8.37. The summed E-state index contributed by atoms with van der Waals surface area (Å²) in [5, 5.41) is 15.7. The van der Waals surface area contributed by atoms with Crippen LogP contribution in [-0.2, 0) is 16.0 Å². The van der Waals surface area contributed by atoms with E-state index in [0.717, 1.165) is 22.3 Å². The summed E-state index contributed by atoms with van der Waals surface area (Å²) in [5.74, 6) is -0.768. The minimum absolute atomic E-state index is 0.279. The van der Waals surface area contributed by atoms with Gasteiger partial charge in [-0.05, 0) is 42.2 Å². The van der Waals surface area contributed by atoms with E-state index in [0.29, 0.717) is 12.1 Å². The van der Waals surface area contributed by atoms with Crippen LogP contribution in [0.5, 0.6) is 0 Å². The zero-order chi connectivity index (χ0) is 18.0. The summed E-state index contributed by atoms with van der Waals surface area (Å²) in [7, 11) is 0. The molecule has 0 saturated heterocycles. The maximum Gasteiger partial charge on any atom is 0.233 e. The number of carbonyl (C=O) groups excluding carboxylic acids is 2. The van der Waals surface area contributed by atoms with Crippen molar-refractivity contribution in [3.63, 3.8) is 0 Å². The van der Waals surface area contributed by atoms with Crippen molar-refractivity contribution < 1.29 is 14.7 Å². The monoisotopic (exact) mass is 338 g/mol. The van der Waals surface area contributed by atoms with Crippen molar-refractivity contribution in [2.24, 2.45) is 0 Å². The minimum atomic E-state index is -0.663. The predicted octanol–water partition coefficient (Wildman–Crippen LogP) is 2.41. The molecule has 0 spiro atoms. The Bertz CT molecular complexity index is 816. The molecule has 1 aliphatic rings. The Labute approximate surface area is 147 Å². The third-order valence-electron chi connectivity index (χ3n) is 4.72. The first-order valence-corrected chi connectivity index (χ1v) is 8.37. The molecule has 5 nitrogen and oxygen atoms in total. The topological polar surface area (TPSA) is 78.4 Å². The Morgan fingerprint density at radius 2 is 1.84 bits per heavy atom. The lowest BCUT2D eigenvalue weighted by molar-refractivity contribution is -0.127. The standard InChI is InChI=1S/C20H22N2O3/c1-12-6-5-9-16(13(12)2)21-18(24)11-19(25)22-20-15-8-4-3-7-14(15)10-17(20)23/h3-9,17,20,23H,10-11H2,1-2H3,(H,21,24)(H,22,25)/t17-,20-/m0/s1. The van der Waals surface area contributed by atoms with Gasteiger partial charge in [-0.15, -0.1) is 0 Å². The van der Waals surface area contributed by atoms with E-state index in [9.17, 15) is 14.7 Å². The smallest absolute Gasteiger partial charge is 0.233 e. The van der Waals surface area contributed by atoms with Crippen LogP contribution in [0.2, 0.25) is 0 Å². The molecule has 0 unspecified atom stereocenters. The number of fused-ring (bicyclic) bond motifs is 1. The molecule has 130 valence electrons. The van der Waals surface area contributed by atoms with E-state index in [1.807, 2.05) is 56.3 Å². The van der Waals surface area contributed by atoms with Gasteiger partial charge in [-0.1, -0.05) is 36.4 Å². The molecule has 0 radical (unpaired) electrons. The van der Waals surface area contributed by atoms with Crippen molar-refractivity contribution in [3.05, 3.63) is 64.7 Å². The van der Waals surface area contributed by atoms with Crippen molar-refractivity contribution in [1.29, 1.82) is 0 Å². The van der Waals surface area contributed by atoms with Gasteiger partial charge in [-0.25, -0.2) is 0 Å². The van der Waals surface area contributed by atoms with Crippen LogP contribution < -0.4 is 10.6 Å². The molecule has 5 heteroatoms. The Kier molecular flexibility index (Phi) is 4.86. The third kappa shape index (κ3) is 3.72. The van der Waals surface area contributed by atoms with E-state index in [1.165, 1.54) is 0 Å². The Morgan fingerprint density at radius 1 is 1.08 bits per heavy atom. The lowest BCUT2D eigenvalue weighted by Gasteiger charge is -2.18. The molecule has 25 heavy (non-hydrogen) atoms. The number of benzene rings is 2. The van der Waals surface area contributed by atoms with Crippen LogP contribution >= 0.6 is 0 Å². The van der Waals surface area contributed by atoms with Gasteiger partial charge in [0.2, 0.25) is 11.8 Å².